The number of aromatic nitrogens is 2. The SMILES string of the molecule is CC(=O)N[C@@H](CS)C(=O)C[C@H](C(=O)N[C@@H](CCC(=O)O)C(=O)C[C@@H](Cc1ccc(O)cc1)C(=O)N[C@@H](Cc1c[nH]c2ccccc12)C(=O)C[C@H](C(=O)N[C@@H](CC(=O)O)C(=O)CCC(=O)N[C@@H](Cc1c[nH]c2ccccc12)C(=O)C[C@H](C(=O)N1CCC[C@H]1C(=O)N[C@@H](CS)C(=O)O)C(C)C)C(C)C)[C@@H](C)O. The van der Waals surface area contributed by atoms with E-state index in [1.54, 1.807) is 88.6 Å². The number of nitrogens with zero attached hydrogens (tertiary/aromatic N) is 1. The number of nitrogens with one attached hydrogen (secondary N) is 8. The maximum atomic E-state index is 15.1. The molecule has 12 atom stereocenters. The molecule has 105 heavy (non-hydrogen) atoms. The van der Waals surface area contributed by atoms with Crippen LogP contribution in [0.1, 0.15) is 129 Å². The van der Waals surface area contributed by atoms with Gasteiger partial charge in [-0.3, -0.25) is 67.1 Å². The van der Waals surface area contributed by atoms with Crippen LogP contribution in [0.3, 0.4) is 0 Å². The minimum absolute atomic E-state index is 0.0885. The fraction of sp³-hybridized carbons (Fsp3) is 0.500. The number of phenols is 1. The number of carbonyl (C=O) groups is 15. The number of hydrogen-bond acceptors (Lipinski definition) is 19. The number of amides is 7. The molecule has 1 fully saturated rings. The van der Waals surface area contributed by atoms with Crippen molar-refractivity contribution in [2.45, 2.75) is 180 Å². The summed E-state index contributed by atoms with van der Waals surface area (Å²) in [6, 6.07) is 10.1. The fourth-order valence-corrected chi connectivity index (χ4v) is 13.4. The Bertz CT molecular complexity index is 3980. The molecule has 31 heteroatoms. The number of aromatic hydroxyl groups is 1. The quantitative estimate of drug-likeness (QED) is 0.0246. The van der Waals surface area contributed by atoms with E-state index in [1.165, 1.54) is 36.1 Å². The first-order valence-corrected chi connectivity index (χ1v) is 36.1. The van der Waals surface area contributed by atoms with E-state index in [-0.39, 0.29) is 49.5 Å². The predicted molar refractivity (Wildman–Crippen MR) is 390 cm³/mol. The number of H-pyrrole nitrogens is 2. The summed E-state index contributed by atoms with van der Waals surface area (Å²) in [6.45, 7) is 9.15. The first kappa shape index (κ1) is 84.2. The second-order valence-electron chi connectivity index (χ2n) is 27.4. The van der Waals surface area contributed by atoms with Gasteiger partial charge in [0.05, 0.1) is 48.7 Å². The Balaban J connectivity index is 1.23. The number of phenolic OH excluding ortho intramolecular Hbond substituents is 1. The molecule has 0 radical (unpaired) electrons. The number of thiol groups is 2. The van der Waals surface area contributed by atoms with E-state index in [0.717, 1.165) is 17.8 Å². The van der Waals surface area contributed by atoms with Crippen LogP contribution in [-0.4, -0.2) is 195 Å². The Morgan fingerprint density at radius 1 is 0.514 bits per heavy atom. The van der Waals surface area contributed by atoms with Crippen molar-refractivity contribution >= 4 is 135 Å². The third-order valence-corrected chi connectivity index (χ3v) is 19.7. The van der Waals surface area contributed by atoms with Crippen molar-refractivity contribution in [2.75, 3.05) is 18.1 Å². The minimum Gasteiger partial charge on any atom is -0.508 e. The Morgan fingerprint density at radius 3 is 1.54 bits per heavy atom. The van der Waals surface area contributed by atoms with Crippen molar-refractivity contribution in [3.8, 4) is 5.75 Å². The van der Waals surface area contributed by atoms with Crippen LogP contribution in [0.2, 0.25) is 0 Å². The summed E-state index contributed by atoms with van der Waals surface area (Å²) in [6.07, 6.45) is -3.93. The van der Waals surface area contributed by atoms with Gasteiger partial charge in [0.15, 0.2) is 28.9 Å². The van der Waals surface area contributed by atoms with Crippen molar-refractivity contribution in [3.05, 3.63) is 102 Å². The smallest absolute Gasteiger partial charge is 0.327 e. The van der Waals surface area contributed by atoms with Gasteiger partial charge in [0.1, 0.15) is 17.8 Å². The molecule has 1 saturated heterocycles. The highest BCUT2D eigenvalue weighted by molar-refractivity contribution is 7.80. The zero-order chi connectivity index (χ0) is 77.5. The Hall–Kier alpha value is -9.75. The molecule has 3 aromatic carbocycles. The number of aliphatic hydroxyl groups is 1. The zero-order valence-electron chi connectivity index (χ0n) is 59.4. The monoisotopic (exact) mass is 1490 g/mol. The van der Waals surface area contributed by atoms with E-state index in [9.17, 15) is 87.9 Å². The molecule has 0 saturated carbocycles. The van der Waals surface area contributed by atoms with Crippen LogP contribution >= 0.6 is 25.3 Å². The van der Waals surface area contributed by atoms with Gasteiger partial charge in [-0.15, -0.1) is 0 Å². The summed E-state index contributed by atoms with van der Waals surface area (Å²) in [5.41, 5.74) is 2.92. The van der Waals surface area contributed by atoms with E-state index < -0.39 is 230 Å². The van der Waals surface area contributed by atoms with Crippen molar-refractivity contribution in [1.29, 1.82) is 0 Å². The Kier molecular flexibility index (Phi) is 32.0. The number of carboxylic acids is 3. The van der Waals surface area contributed by atoms with Gasteiger partial charge < -0.3 is 72.3 Å². The number of aliphatic hydroxyl groups excluding tert-OH is 1. The van der Waals surface area contributed by atoms with E-state index >= 15 is 9.59 Å². The Morgan fingerprint density at radius 2 is 1.02 bits per heavy atom. The number of aromatic amines is 2. The van der Waals surface area contributed by atoms with Crippen LogP contribution in [0.5, 0.6) is 5.75 Å². The first-order chi connectivity index (χ1) is 49.7. The molecule has 568 valence electrons. The standard InChI is InChI=1S/C74H95N9O20S2/c1-38(2)49(70(98)81-57(33-68(95)96)61(87)22-23-66(92)78-55(27-44-34-75-52-14-9-7-12-47(44)52)64(90)31-50(39(3)4)73(101)83-25-11-16-60(83)72(100)82-59(37-105)74(102)103)30-63(89)56(28-45-35-76-53-15-10-8-13-48(45)53)80-69(97)43(26-42-17-19-46(86)20-18-42)29-62(88)54(21-24-67(93)94)79-71(99)51(40(5)84)32-65(91)58(36-104)77-41(6)85/h7-10,12-15,17-20,34-35,38-40,43,49-51,54-60,75-76,84,86,104-105H,11,16,21-33,36-37H2,1-6H3,(H,77,85)(H,78,92)(H,79,99)(H,80,97)(H,81,98)(H,82,100)(H,93,94)(H,95,96)(H,102,103)/t40-,43-,49+,50+,51+,54+,55+,56+,57+,58+,59+,60+/m1/s1. The molecular weight excluding hydrogens is 1400 g/mol. The number of likely N-dealkylation sites (tertiary alicyclic amines) is 1. The van der Waals surface area contributed by atoms with Gasteiger partial charge >= 0.3 is 17.9 Å². The maximum Gasteiger partial charge on any atom is 0.327 e. The molecule has 0 unspecified atom stereocenters. The summed E-state index contributed by atoms with van der Waals surface area (Å²) >= 11 is 8.15. The summed E-state index contributed by atoms with van der Waals surface area (Å²) in [5.74, 6) is -20.4. The number of rotatable bonds is 44. The summed E-state index contributed by atoms with van der Waals surface area (Å²) in [7, 11) is 0. The van der Waals surface area contributed by atoms with Gasteiger partial charge in [-0.25, -0.2) is 4.79 Å². The molecule has 29 nitrogen and oxygen atoms in total. The van der Waals surface area contributed by atoms with E-state index in [2.05, 4.69) is 67.1 Å². The average Bonchev–Trinajstić information content (AvgIpc) is 1.75. The maximum absolute atomic E-state index is 15.1. The lowest BCUT2D eigenvalue weighted by Gasteiger charge is -2.31. The van der Waals surface area contributed by atoms with Gasteiger partial charge in [-0.2, -0.15) is 25.3 Å². The molecular formula is C74H95N9O20S2. The number of hydrogen-bond donors (Lipinski definition) is 15. The van der Waals surface area contributed by atoms with E-state index in [1.807, 2.05) is 0 Å². The molecule has 2 aromatic heterocycles. The molecule has 13 N–H and O–H groups in total. The van der Waals surface area contributed by atoms with Gasteiger partial charge in [0, 0.05) is 135 Å². The lowest BCUT2D eigenvalue weighted by Crippen LogP contribution is -2.53. The molecule has 1 aliphatic rings. The number of carboxylic acid groups (broad SMARTS) is 3. The lowest BCUT2D eigenvalue weighted by atomic mass is 9.85. The fourth-order valence-electron chi connectivity index (χ4n) is 12.9. The number of ketones is 5. The van der Waals surface area contributed by atoms with Crippen LogP contribution in [0.4, 0.5) is 0 Å². The molecule has 7 amide bonds. The molecule has 3 heterocycles. The highest BCUT2D eigenvalue weighted by Crippen LogP contribution is 2.30. The number of benzene rings is 3. The van der Waals surface area contributed by atoms with Gasteiger partial charge in [0.25, 0.3) is 0 Å². The van der Waals surface area contributed by atoms with Crippen LogP contribution in [-0.2, 0) is 91.2 Å². The number of para-hydroxylation sites is 2. The highest BCUT2D eigenvalue weighted by atomic mass is 32.1. The molecule has 1 aliphatic heterocycles. The Labute approximate surface area is 617 Å². The van der Waals surface area contributed by atoms with Crippen LogP contribution in [0, 0.1) is 35.5 Å². The summed E-state index contributed by atoms with van der Waals surface area (Å²) in [5, 5.41) is 67.0. The number of fused-ring (bicyclic) bond motifs is 2. The summed E-state index contributed by atoms with van der Waals surface area (Å²) in [4.78, 5) is 213. The normalized spacial score (nSPS) is 16.1. The molecule has 5 aromatic rings. The lowest BCUT2D eigenvalue weighted by molar-refractivity contribution is -0.146. The molecule has 0 spiro atoms. The second kappa shape index (κ2) is 39.9. The van der Waals surface area contributed by atoms with Crippen LogP contribution in [0.15, 0.2) is 85.2 Å². The number of carbonyl (C=O) groups excluding carboxylic acids is 12. The third kappa shape index (κ3) is 24.7. The molecule has 0 aliphatic carbocycles. The van der Waals surface area contributed by atoms with Crippen LogP contribution < -0.4 is 31.9 Å². The number of Topliss-reactive ketones (excluding diaryl/α,β-unsaturated/α-hetero) is 5. The topological polar surface area (TPSA) is 464 Å². The zero-order valence-corrected chi connectivity index (χ0v) is 61.2. The van der Waals surface area contributed by atoms with E-state index in [4.69, 9.17) is 0 Å². The van der Waals surface area contributed by atoms with Crippen molar-refractivity contribution in [1.82, 2.24) is 46.8 Å². The van der Waals surface area contributed by atoms with Crippen LogP contribution in [0.25, 0.3) is 21.8 Å². The van der Waals surface area contributed by atoms with Crippen molar-refractivity contribution < 1.29 is 97.5 Å². The van der Waals surface area contributed by atoms with Gasteiger partial charge in [-0.1, -0.05) is 76.2 Å². The second-order valence-corrected chi connectivity index (χ2v) is 28.2. The van der Waals surface area contributed by atoms with E-state index in [0.29, 0.717) is 34.0 Å². The third-order valence-electron chi connectivity index (χ3n) is 18.9. The minimum atomic E-state index is -1.77. The van der Waals surface area contributed by atoms with Crippen molar-refractivity contribution in [3.63, 3.8) is 0 Å². The van der Waals surface area contributed by atoms with Gasteiger partial charge in [0.2, 0.25) is 41.4 Å². The molecule has 6 rings (SSSR count). The predicted octanol–water partition coefficient (Wildman–Crippen LogP) is 3.93. The highest BCUT2D eigenvalue weighted by Gasteiger charge is 2.42. The first-order valence-electron chi connectivity index (χ1n) is 34.9. The number of aliphatic carboxylic acids is 3. The average molecular weight is 1490 g/mol. The summed E-state index contributed by atoms with van der Waals surface area (Å²) < 4.78 is 0. The largest absolute Gasteiger partial charge is 0.508 e. The van der Waals surface area contributed by atoms with Gasteiger partial charge in [-0.05, 0) is 85.4 Å². The molecule has 0 bridgehead atoms. The van der Waals surface area contributed by atoms with Crippen molar-refractivity contribution in [2.24, 2.45) is 35.5 Å².